The predicted molar refractivity (Wildman–Crippen MR) is 93.8 cm³/mol. The summed E-state index contributed by atoms with van der Waals surface area (Å²) >= 11 is 0. The number of amides is 1. The van der Waals surface area contributed by atoms with E-state index in [1.807, 2.05) is 20.8 Å². The monoisotopic (exact) mass is 349 g/mol. The average molecular weight is 349 g/mol. The maximum absolute atomic E-state index is 11.8. The summed E-state index contributed by atoms with van der Waals surface area (Å²) in [7, 11) is 1.36. The maximum Gasteiger partial charge on any atom is 0.407 e. The van der Waals surface area contributed by atoms with Crippen LogP contribution in [0.1, 0.15) is 56.8 Å². The van der Waals surface area contributed by atoms with Gasteiger partial charge in [0.15, 0.2) is 0 Å². The molecule has 0 aliphatic heterocycles. The molecule has 0 atom stereocenters. The van der Waals surface area contributed by atoms with E-state index in [0.717, 1.165) is 31.4 Å². The molecule has 1 N–H and O–H groups in total. The highest BCUT2D eigenvalue weighted by Gasteiger charge is 2.25. The quantitative estimate of drug-likeness (QED) is 0.839. The predicted octanol–water partition coefficient (Wildman–Crippen LogP) is 3.69. The Bertz CT molecular complexity index is 583. The second kappa shape index (κ2) is 8.23. The van der Waals surface area contributed by atoms with Crippen LogP contribution in [-0.4, -0.2) is 36.9 Å². The lowest BCUT2D eigenvalue weighted by atomic mass is 9.93. The number of methoxy groups -OCH3 is 1. The Morgan fingerprint density at radius 1 is 1.04 bits per heavy atom. The van der Waals surface area contributed by atoms with E-state index < -0.39 is 5.60 Å². The van der Waals surface area contributed by atoms with Crippen LogP contribution in [0.4, 0.5) is 4.79 Å². The van der Waals surface area contributed by atoms with E-state index in [1.54, 1.807) is 24.3 Å². The minimum Gasteiger partial charge on any atom is -0.490 e. The van der Waals surface area contributed by atoms with E-state index >= 15 is 0 Å². The summed E-state index contributed by atoms with van der Waals surface area (Å²) in [5.41, 5.74) is 0.0148. The van der Waals surface area contributed by atoms with E-state index in [1.165, 1.54) is 7.11 Å². The zero-order valence-corrected chi connectivity index (χ0v) is 15.3. The maximum atomic E-state index is 11.8. The van der Waals surface area contributed by atoms with Crippen molar-refractivity contribution in [1.82, 2.24) is 5.32 Å². The fraction of sp³-hybridized carbons (Fsp3) is 0.579. The van der Waals surface area contributed by atoms with Gasteiger partial charge >= 0.3 is 12.1 Å². The second-order valence-corrected chi connectivity index (χ2v) is 7.25. The summed E-state index contributed by atoms with van der Waals surface area (Å²) in [5.74, 6) is 0.372. The van der Waals surface area contributed by atoms with E-state index in [-0.39, 0.29) is 24.2 Å². The van der Waals surface area contributed by atoms with Crippen LogP contribution >= 0.6 is 0 Å². The molecule has 1 aromatic carbocycles. The van der Waals surface area contributed by atoms with Crippen LogP contribution in [0.5, 0.6) is 5.75 Å². The largest absolute Gasteiger partial charge is 0.490 e. The number of carbonyl (C=O) groups is 2. The molecule has 1 aliphatic carbocycles. The number of hydrogen-bond donors (Lipinski definition) is 1. The zero-order valence-electron chi connectivity index (χ0n) is 15.3. The van der Waals surface area contributed by atoms with Crippen molar-refractivity contribution < 1.29 is 23.8 Å². The van der Waals surface area contributed by atoms with Gasteiger partial charge in [0.25, 0.3) is 0 Å². The van der Waals surface area contributed by atoms with Gasteiger partial charge in [0.05, 0.1) is 18.8 Å². The van der Waals surface area contributed by atoms with Crippen LogP contribution in [0.3, 0.4) is 0 Å². The highest BCUT2D eigenvalue weighted by atomic mass is 16.6. The first-order valence-corrected chi connectivity index (χ1v) is 8.61. The number of nitrogens with one attached hydrogen (secondary N) is 1. The third kappa shape index (κ3) is 6.29. The molecule has 1 aromatic rings. The average Bonchev–Trinajstić information content (AvgIpc) is 2.55. The van der Waals surface area contributed by atoms with Crippen LogP contribution < -0.4 is 10.1 Å². The molecule has 0 aromatic heterocycles. The molecule has 2 rings (SSSR count). The first-order chi connectivity index (χ1) is 11.8. The molecule has 6 heteroatoms. The summed E-state index contributed by atoms with van der Waals surface area (Å²) in [6, 6.07) is 7.05. The Hall–Kier alpha value is -2.24. The molecule has 6 nitrogen and oxygen atoms in total. The fourth-order valence-corrected chi connectivity index (χ4v) is 2.78. The summed E-state index contributed by atoms with van der Waals surface area (Å²) in [6.45, 7) is 5.55. The van der Waals surface area contributed by atoms with E-state index in [2.05, 4.69) is 10.1 Å². The van der Waals surface area contributed by atoms with Gasteiger partial charge in [0.1, 0.15) is 11.4 Å². The summed E-state index contributed by atoms with van der Waals surface area (Å²) in [6.07, 6.45) is 3.17. The van der Waals surface area contributed by atoms with E-state index in [9.17, 15) is 9.59 Å². The van der Waals surface area contributed by atoms with Crippen LogP contribution in [0.2, 0.25) is 0 Å². The van der Waals surface area contributed by atoms with Gasteiger partial charge in [-0.05, 0) is 70.7 Å². The van der Waals surface area contributed by atoms with Gasteiger partial charge in [0.2, 0.25) is 0 Å². The molecule has 0 spiro atoms. The normalized spacial score (nSPS) is 20.5. The number of hydrogen-bond acceptors (Lipinski definition) is 5. The van der Waals surface area contributed by atoms with Gasteiger partial charge in [-0.3, -0.25) is 0 Å². The summed E-state index contributed by atoms with van der Waals surface area (Å²) in [4.78, 5) is 23.2. The van der Waals surface area contributed by atoms with Crippen molar-refractivity contribution in [2.75, 3.05) is 7.11 Å². The van der Waals surface area contributed by atoms with Crippen molar-refractivity contribution in [3.63, 3.8) is 0 Å². The van der Waals surface area contributed by atoms with E-state index in [4.69, 9.17) is 9.47 Å². The minimum atomic E-state index is -0.485. The van der Waals surface area contributed by atoms with Gasteiger partial charge in [-0.2, -0.15) is 0 Å². The molecular weight excluding hydrogens is 322 g/mol. The zero-order chi connectivity index (χ0) is 18.4. The molecule has 25 heavy (non-hydrogen) atoms. The number of ether oxygens (including phenoxy) is 3. The third-order valence-electron chi connectivity index (χ3n) is 3.97. The number of alkyl carbamates (subject to hydrolysis) is 1. The van der Waals surface area contributed by atoms with Crippen LogP contribution in [0.15, 0.2) is 24.3 Å². The van der Waals surface area contributed by atoms with E-state index in [0.29, 0.717) is 5.56 Å². The van der Waals surface area contributed by atoms with Crippen molar-refractivity contribution in [3.05, 3.63) is 29.8 Å². The van der Waals surface area contributed by atoms with Crippen molar-refractivity contribution in [3.8, 4) is 5.75 Å². The molecule has 0 unspecified atom stereocenters. The van der Waals surface area contributed by atoms with Crippen LogP contribution in [0, 0.1) is 0 Å². The van der Waals surface area contributed by atoms with Crippen molar-refractivity contribution in [2.24, 2.45) is 0 Å². The number of benzene rings is 1. The number of carbonyl (C=O) groups excluding carboxylic acids is 2. The Kier molecular flexibility index (Phi) is 6.28. The molecule has 1 fully saturated rings. The van der Waals surface area contributed by atoms with Crippen LogP contribution in [0.25, 0.3) is 0 Å². The lowest BCUT2D eigenvalue weighted by molar-refractivity contribution is 0.0470. The van der Waals surface area contributed by atoms with Gasteiger partial charge < -0.3 is 19.5 Å². The number of rotatable bonds is 4. The molecule has 0 bridgehead atoms. The first kappa shape index (κ1) is 19.1. The molecule has 138 valence electrons. The highest BCUT2D eigenvalue weighted by Crippen LogP contribution is 2.24. The summed E-state index contributed by atoms with van der Waals surface area (Å²) < 4.78 is 15.9. The Balaban J connectivity index is 1.77. The van der Waals surface area contributed by atoms with Crippen LogP contribution in [-0.2, 0) is 9.47 Å². The standard InChI is InChI=1S/C19H27NO5/c1-19(2,3)25-18(22)20-14-7-11-16(12-8-14)24-15-9-5-13(6-10-15)17(21)23-4/h5-6,9-10,14,16H,7-8,11-12H2,1-4H3,(H,20,22). The number of esters is 1. The molecule has 1 amide bonds. The van der Waals surface area contributed by atoms with Crippen molar-refractivity contribution in [1.29, 1.82) is 0 Å². The summed E-state index contributed by atoms with van der Waals surface area (Å²) in [5, 5.41) is 2.92. The molecule has 1 saturated carbocycles. The topological polar surface area (TPSA) is 73.9 Å². The SMILES string of the molecule is COC(=O)c1ccc(OC2CCC(NC(=O)OC(C)(C)C)CC2)cc1. The smallest absolute Gasteiger partial charge is 0.407 e. The van der Waals surface area contributed by atoms with Gasteiger partial charge in [0, 0.05) is 6.04 Å². The lowest BCUT2D eigenvalue weighted by Gasteiger charge is -2.30. The Morgan fingerprint density at radius 2 is 1.64 bits per heavy atom. The van der Waals surface area contributed by atoms with Crippen molar-refractivity contribution in [2.45, 2.75) is 64.2 Å². The highest BCUT2D eigenvalue weighted by molar-refractivity contribution is 5.89. The first-order valence-electron chi connectivity index (χ1n) is 8.61. The Morgan fingerprint density at radius 3 is 2.16 bits per heavy atom. The van der Waals surface area contributed by atoms with Gasteiger partial charge in [-0.25, -0.2) is 9.59 Å². The lowest BCUT2D eigenvalue weighted by Crippen LogP contribution is -2.42. The molecule has 0 radical (unpaired) electrons. The second-order valence-electron chi connectivity index (χ2n) is 7.25. The third-order valence-corrected chi connectivity index (χ3v) is 3.97. The fourth-order valence-electron chi connectivity index (χ4n) is 2.78. The molecule has 0 saturated heterocycles. The molecule has 0 heterocycles. The van der Waals surface area contributed by atoms with Gasteiger partial charge in [-0.1, -0.05) is 0 Å². The molecular formula is C19H27NO5. The minimum absolute atomic E-state index is 0.112. The van der Waals surface area contributed by atoms with Crippen molar-refractivity contribution >= 4 is 12.1 Å². The van der Waals surface area contributed by atoms with Gasteiger partial charge in [-0.15, -0.1) is 0 Å². The Labute approximate surface area is 148 Å². The molecule has 1 aliphatic rings.